The van der Waals surface area contributed by atoms with Crippen LogP contribution in [0.3, 0.4) is 0 Å². The Hall–Kier alpha value is -0.410. The lowest BCUT2D eigenvalue weighted by atomic mass is 10.0. The highest BCUT2D eigenvalue weighted by molar-refractivity contribution is 5.59. The van der Waals surface area contributed by atoms with Gasteiger partial charge >= 0.3 is 0 Å². The van der Waals surface area contributed by atoms with Crippen LogP contribution in [-0.4, -0.2) is 43.1 Å². The lowest BCUT2D eigenvalue weighted by Crippen LogP contribution is -2.47. The third kappa shape index (κ3) is 3.29. The zero-order valence-electron chi connectivity index (χ0n) is 11.4. The van der Waals surface area contributed by atoms with Gasteiger partial charge in [-0.05, 0) is 18.8 Å². The van der Waals surface area contributed by atoms with Gasteiger partial charge in [0.1, 0.15) is 5.72 Å². The number of hydrogen-bond donors (Lipinski definition) is 0. The Bertz CT molecular complexity index is 238. The maximum Gasteiger partial charge on any atom is 0.121 e. The Morgan fingerprint density at radius 2 is 2.06 bits per heavy atom. The summed E-state index contributed by atoms with van der Waals surface area (Å²) >= 11 is 0. The van der Waals surface area contributed by atoms with Gasteiger partial charge in [0.05, 0.1) is 13.2 Å². The molecule has 1 aliphatic rings. The van der Waals surface area contributed by atoms with Crippen LogP contribution < -0.4 is 0 Å². The fourth-order valence-electron chi connectivity index (χ4n) is 2.01. The van der Waals surface area contributed by atoms with Crippen molar-refractivity contribution in [3.63, 3.8) is 0 Å². The van der Waals surface area contributed by atoms with Gasteiger partial charge in [0, 0.05) is 19.3 Å². The summed E-state index contributed by atoms with van der Waals surface area (Å²) in [6.07, 6.45) is 2.03. The minimum absolute atomic E-state index is 0.0899. The van der Waals surface area contributed by atoms with Crippen LogP contribution in [0.5, 0.6) is 0 Å². The second-order valence-electron chi connectivity index (χ2n) is 5.34. The predicted molar refractivity (Wildman–Crippen MR) is 69.0 cm³/mol. The molecule has 1 unspecified atom stereocenters. The molecule has 0 spiro atoms. The molecule has 0 amide bonds. The fourth-order valence-corrected chi connectivity index (χ4v) is 2.01. The van der Waals surface area contributed by atoms with Gasteiger partial charge in [-0.1, -0.05) is 27.7 Å². The van der Waals surface area contributed by atoms with E-state index in [4.69, 9.17) is 4.74 Å². The van der Waals surface area contributed by atoms with Crippen molar-refractivity contribution in [1.29, 1.82) is 0 Å². The molecule has 0 bridgehead atoms. The number of nitrogens with zero attached hydrogens (tertiary/aromatic N) is 2. The van der Waals surface area contributed by atoms with E-state index in [-0.39, 0.29) is 5.72 Å². The van der Waals surface area contributed by atoms with Gasteiger partial charge in [0.25, 0.3) is 0 Å². The van der Waals surface area contributed by atoms with Crippen molar-refractivity contribution in [2.75, 3.05) is 26.2 Å². The molecule has 1 aliphatic heterocycles. The number of rotatable bonds is 5. The molecule has 0 aromatic rings. The average Bonchev–Trinajstić information content (AvgIpc) is 2.56. The van der Waals surface area contributed by atoms with Crippen LogP contribution in [0.1, 0.15) is 34.6 Å². The second kappa shape index (κ2) is 5.78. The molecule has 0 radical (unpaired) electrons. The van der Waals surface area contributed by atoms with Gasteiger partial charge in [-0.25, -0.2) is 0 Å². The van der Waals surface area contributed by atoms with Crippen molar-refractivity contribution in [2.24, 2.45) is 16.8 Å². The summed E-state index contributed by atoms with van der Waals surface area (Å²) in [6, 6.07) is 0. The van der Waals surface area contributed by atoms with Crippen molar-refractivity contribution >= 4 is 6.21 Å². The van der Waals surface area contributed by atoms with E-state index in [0.717, 1.165) is 26.2 Å². The largest absolute Gasteiger partial charge is 0.359 e. The van der Waals surface area contributed by atoms with Crippen LogP contribution in [-0.2, 0) is 4.74 Å². The monoisotopic (exact) mass is 226 g/mol. The first kappa shape index (κ1) is 13.7. The van der Waals surface area contributed by atoms with Gasteiger partial charge < -0.3 is 4.74 Å². The van der Waals surface area contributed by atoms with Gasteiger partial charge in [0.15, 0.2) is 0 Å². The molecular formula is C13H26N2O. The van der Waals surface area contributed by atoms with Crippen LogP contribution in [0.15, 0.2) is 4.99 Å². The van der Waals surface area contributed by atoms with E-state index in [2.05, 4.69) is 44.5 Å². The first-order valence-corrected chi connectivity index (χ1v) is 6.35. The summed E-state index contributed by atoms with van der Waals surface area (Å²) in [5, 5.41) is 0. The molecular weight excluding hydrogens is 200 g/mol. The maximum absolute atomic E-state index is 5.87. The van der Waals surface area contributed by atoms with Crippen molar-refractivity contribution < 1.29 is 4.74 Å². The van der Waals surface area contributed by atoms with Crippen LogP contribution in [0.2, 0.25) is 0 Å². The van der Waals surface area contributed by atoms with Crippen LogP contribution in [0.4, 0.5) is 0 Å². The molecule has 1 fully saturated rings. The molecule has 1 heterocycles. The normalized spacial score (nSPS) is 27.7. The Balaban J connectivity index is 2.42. The zero-order valence-corrected chi connectivity index (χ0v) is 11.4. The van der Waals surface area contributed by atoms with Crippen LogP contribution >= 0.6 is 0 Å². The van der Waals surface area contributed by atoms with Crippen LogP contribution in [0, 0.1) is 11.8 Å². The van der Waals surface area contributed by atoms with E-state index in [1.807, 2.05) is 6.21 Å². The average molecular weight is 226 g/mol. The lowest BCUT2D eigenvalue weighted by molar-refractivity contribution is -0.0999. The minimum atomic E-state index is -0.0899. The summed E-state index contributed by atoms with van der Waals surface area (Å²) in [7, 11) is 0. The van der Waals surface area contributed by atoms with Gasteiger partial charge in [-0.3, -0.25) is 9.89 Å². The van der Waals surface area contributed by atoms with E-state index in [9.17, 15) is 0 Å². The van der Waals surface area contributed by atoms with Crippen molar-refractivity contribution in [3.8, 4) is 0 Å². The van der Waals surface area contributed by atoms with Gasteiger partial charge in [-0.2, -0.15) is 0 Å². The molecule has 3 heteroatoms. The number of hydrogen-bond acceptors (Lipinski definition) is 3. The molecule has 1 saturated heterocycles. The van der Waals surface area contributed by atoms with E-state index >= 15 is 0 Å². The summed E-state index contributed by atoms with van der Waals surface area (Å²) in [6.45, 7) is 14.7. The highest BCUT2D eigenvalue weighted by atomic mass is 16.5. The molecule has 0 saturated carbocycles. The zero-order chi connectivity index (χ0) is 12.2. The van der Waals surface area contributed by atoms with E-state index in [0.29, 0.717) is 11.8 Å². The Kier molecular flexibility index (Phi) is 4.93. The summed E-state index contributed by atoms with van der Waals surface area (Å²) in [4.78, 5) is 6.85. The molecule has 0 N–H and O–H groups in total. The topological polar surface area (TPSA) is 24.8 Å². The van der Waals surface area contributed by atoms with E-state index < -0.39 is 0 Å². The Labute approximate surface area is 99.9 Å². The molecule has 3 nitrogen and oxygen atoms in total. The maximum atomic E-state index is 5.87. The van der Waals surface area contributed by atoms with Gasteiger partial charge in [-0.15, -0.1) is 0 Å². The molecule has 0 aromatic carbocycles. The molecule has 1 rings (SSSR count). The quantitative estimate of drug-likeness (QED) is 0.673. The standard InChI is InChI=1S/C13H26N2O/c1-11(2)10-14-6-7-15-8-9-16-13(15,5)12(3)4/h10-12H,6-9H2,1-5H3. The molecule has 0 aromatic heterocycles. The molecule has 16 heavy (non-hydrogen) atoms. The van der Waals surface area contributed by atoms with Gasteiger partial charge in [0.2, 0.25) is 0 Å². The minimum Gasteiger partial charge on any atom is -0.359 e. The van der Waals surface area contributed by atoms with Crippen molar-refractivity contribution in [1.82, 2.24) is 4.90 Å². The van der Waals surface area contributed by atoms with Crippen molar-refractivity contribution in [3.05, 3.63) is 0 Å². The predicted octanol–water partition coefficient (Wildman–Crippen LogP) is 2.42. The lowest BCUT2D eigenvalue weighted by Gasteiger charge is -2.36. The molecule has 94 valence electrons. The van der Waals surface area contributed by atoms with E-state index in [1.165, 1.54) is 0 Å². The summed E-state index contributed by atoms with van der Waals surface area (Å²) in [5.74, 6) is 1.07. The summed E-state index contributed by atoms with van der Waals surface area (Å²) in [5.41, 5.74) is -0.0899. The first-order valence-electron chi connectivity index (χ1n) is 6.35. The smallest absolute Gasteiger partial charge is 0.121 e. The van der Waals surface area contributed by atoms with E-state index in [1.54, 1.807) is 0 Å². The summed E-state index contributed by atoms with van der Waals surface area (Å²) < 4.78 is 5.87. The Morgan fingerprint density at radius 1 is 1.38 bits per heavy atom. The van der Waals surface area contributed by atoms with Crippen molar-refractivity contribution in [2.45, 2.75) is 40.3 Å². The van der Waals surface area contributed by atoms with Crippen LogP contribution in [0.25, 0.3) is 0 Å². The highest BCUT2D eigenvalue weighted by Gasteiger charge is 2.39. The number of aliphatic imine (C=N–C) groups is 1. The Morgan fingerprint density at radius 3 is 2.62 bits per heavy atom. The third-order valence-electron chi connectivity index (χ3n) is 3.36. The molecule has 1 atom stereocenters. The highest BCUT2D eigenvalue weighted by Crippen LogP contribution is 2.30. The SMILES string of the molecule is CC(C)C=NCCN1CCOC1(C)C(C)C. The first-order chi connectivity index (χ1) is 7.47. The second-order valence-corrected chi connectivity index (χ2v) is 5.34. The molecule has 0 aliphatic carbocycles. The number of ether oxygens (including phenoxy) is 1. The third-order valence-corrected chi connectivity index (χ3v) is 3.36. The fraction of sp³-hybridized carbons (Fsp3) is 0.923.